The summed E-state index contributed by atoms with van der Waals surface area (Å²) in [7, 11) is -1.97. The average Bonchev–Trinajstić information content (AvgIpc) is 2.38. The fourth-order valence-electron chi connectivity index (χ4n) is 1.79. The number of nitrogens with one attached hydrogen (secondary N) is 1. The molecular weight excluding hydrogens is 278 g/mol. The lowest BCUT2D eigenvalue weighted by Crippen LogP contribution is -2.41. The summed E-state index contributed by atoms with van der Waals surface area (Å²) in [6.07, 6.45) is 0.744. The number of nitrogens with zero attached hydrogens (tertiary/aromatic N) is 1. The van der Waals surface area contributed by atoms with Gasteiger partial charge in [-0.1, -0.05) is 19.1 Å². The van der Waals surface area contributed by atoms with Crippen LogP contribution in [-0.4, -0.2) is 39.5 Å². The lowest BCUT2D eigenvalue weighted by Gasteiger charge is -2.22. The molecule has 0 amide bonds. The van der Waals surface area contributed by atoms with Gasteiger partial charge >= 0.3 is 0 Å². The molecule has 1 aromatic carbocycles. The molecule has 1 aromatic rings. The molecule has 7 heteroatoms. The van der Waals surface area contributed by atoms with Crippen LogP contribution in [-0.2, 0) is 21.5 Å². The summed E-state index contributed by atoms with van der Waals surface area (Å²) in [6, 6.07) is 7.25. The maximum atomic E-state index is 12.2. The Morgan fingerprint density at radius 3 is 2.75 bits per heavy atom. The smallest absolute Gasteiger partial charge is 0.279 e. The Labute approximate surface area is 121 Å². The van der Waals surface area contributed by atoms with Crippen LogP contribution in [0.5, 0.6) is 0 Å². The number of rotatable bonds is 9. The van der Waals surface area contributed by atoms with Crippen LogP contribution < -0.4 is 10.5 Å². The topological polar surface area (TPSA) is 84.7 Å². The van der Waals surface area contributed by atoms with Crippen LogP contribution in [0, 0.1) is 0 Å². The van der Waals surface area contributed by atoms with Crippen molar-refractivity contribution >= 4 is 15.9 Å². The van der Waals surface area contributed by atoms with Gasteiger partial charge in [0.15, 0.2) is 0 Å². The van der Waals surface area contributed by atoms with Gasteiger partial charge in [-0.2, -0.15) is 17.4 Å². The summed E-state index contributed by atoms with van der Waals surface area (Å²) < 4.78 is 33.2. The van der Waals surface area contributed by atoms with E-state index < -0.39 is 10.2 Å². The fraction of sp³-hybridized carbons (Fsp3) is 0.538. The lowest BCUT2D eigenvalue weighted by atomic mass is 10.2. The second-order valence-corrected chi connectivity index (χ2v) is 6.23. The van der Waals surface area contributed by atoms with E-state index in [1.807, 2.05) is 19.1 Å². The molecule has 0 unspecified atom stereocenters. The normalized spacial score (nSPS) is 11.9. The van der Waals surface area contributed by atoms with Crippen molar-refractivity contribution in [2.75, 3.05) is 32.5 Å². The van der Waals surface area contributed by atoms with E-state index in [0.717, 1.165) is 12.0 Å². The van der Waals surface area contributed by atoms with Crippen LogP contribution in [0.25, 0.3) is 0 Å². The quantitative estimate of drug-likeness (QED) is 0.525. The highest BCUT2D eigenvalue weighted by Crippen LogP contribution is 2.12. The van der Waals surface area contributed by atoms with E-state index in [0.29, 0.717) is 25.4 Å². The molecule has 0 atom stereocenters. The summed E-state index contributed by atoms with van der Waals surface area (Å²) in [5.41, 5.74) is 7.21. The fourth-order valence-corrected chi connectivity index (χ4v) is 3.06. The molecule has 0 aliphatic heterocycles. The van der Waals surface area contributed by atoms with Crippen LogP contribution in [0.1, 0.15) is 18.9 Å². The number of hydrogen-bond acceptors (Lipinski definition) is 4. The van der Waals surface area contributed by atoms with Gasteiger partial charge in [-0.3, -0.25) is 0 Å². The van der Waals surface area contributed by atoms with Crippen molar-refractivity contribution in [2.24, 2.45) is 0 Å². The molecule has 0 heterocycles. The van der Waals surface area contributed by atoms with E-state index in [4.69, 9.17) is 10.5 Å². The second-order valence-electron chi connectivity index (χ2n) is 4.47. The molecule has 114 valence electrons. The summed E-state index contributed by atoms with van der Waals surface area (Å²) in [5, 5.41) is 0. The highest BCUT2D eigenvalue weighted by Gasteiger charge is 2.20. The van der Waals surface area contributed by atoms with Gasteiger partial charge < -0.3 is 10.5 Å². The first-order valence-corrected chi connectivity index (χ1v) is 8.01. The van der Waals surface area contributed by atoms with Crippen molar-refractivity contribution in [1.29, 1.82) is 0 Å². The van der Waals surface area contributed by atoms with Gasteiger partial charge in [-0.05, 0) is 24.1 Å². The first-order chi connectivity index (χ1) is 9.49. The van der Waals surface area contributed by atoms with Gasteiger partial charge in [0.2, 0.25) is 0 Å². The van der Waals surface area contributed by atoms with Gasteiger partial charge in [0, 0.05) is 32.4 Å². The molecule has 0 radical (unpaired) electrons. The molecule has 6 nitrogen and oxygen atoms in total. The van der Waals surface area contributed by atoms with Gasteiger partial charge in [0.05, 0.1) is 6.61 Å². The highest BCUT2D eigenvalue weighted by molar-refractivity contribution is 7.87. The van der Waals surface area contributed by atoms with Crippen molar-refractivity contribution in [3.8, 4) is 0 Å². The molecule has 0 bridgehead atoms. The number of methoxy groups -OCH3 is 1. The monoisotopic (exact) mass is 301 g/mol. The number of anilines is 1. The van der Waals surface area contributed by atoms with Crippen molar-refractivity contribution < 1.29 is 13.2 Å². The second kappa shape index (κ2) is 8.21. The third-order valence-electron chi connectivity index (χ3n) is 2.71. The van der Waals surface area contributed by atoms with Crippen molar-refractivity contribution in [3.05, 3.63) is 29.8 Å². The minimum absolute atomic E-state index is 0.260. The summed E-state index contributed by atoms with van der Waals surface area (Å²) in [4.78, 5) is 0. The predicted molar refractivity (Wildman–Crippen MR) is 80.4 cm³/mol. The Balaban J connectivity index is 2.77. The zero-order valence-electron chi connectivity index (χ0n) is 12.0. The molecule has 1 rings (SSSR count). The van der Waals surface area contributed by atoms with E-state index in [1.54, 1.807) is 12.1 Å². The highest BCUT2D eigenvalue weighted by atomic mass is 32.2. The van der Waals surface area contributed by atoms with Crippen LogP contribution in [0.2, 0.25) is 0 Å². The molecule has 0 aliphatic carbocycles. The van der Waals surface area contributed by atoms with Crippen LogP contribution in [0.4, 0.5) is 5.69 Å². The standard InChI is InChI=1S/C13H23N3O3S/c1-3-8-16(20(17,18)15-7-9-19-2)11-12-5-4-6-13(14)10-12/h4-6,10,15H,3,7-9,11,14H2,1-2H3. The average molecular weight is 301 g/mol. The van der Waals surface area contributed by atoms with Gasteiger partial charge in [0.1, 0.15) is 0 Å². The Kier molecular flexibility index (Phi) is 6.94. The number of benzene rings is 1. The number of nitrogens with two attached hydrogens (primary N) is 1. The molecule has 0 spiro atoms. The van der Waals surface area contributed by atoms with E-state index >= 15 is 0 Å². The number of hydrogen-bond donors (Lipinski definition) is 2. The van der Waals surface area contributed by atoms with Crippen LogP contribution in [0.3, 0.4) is 0 Å². The van der Waals surface area contributed by atoms with Gasteiger partial charge in [-0.15, -0.1) is 0 Å². The van der Waals surface area contributed by atoms with E-state index in [-0.39, 0.29) is 6.54 Å². The Morgan fingerprint density at radius 1 is 1.40 bits per heavy atom. The zero-order chi connectivity index (χ0) is 15.0. The molecule has 0 fully saturated rings. The van der Waals surface area contributed by atoms with Crippen LogP contribution >= 0.6 is 0 Å². The number of nitrogen functional groups attached to an aromatic ring is 1. The molecule has 20 heavy (non-hydrogen) atoms. The lowest BCUT2D eigenvalue weighted by molar-refractivity contribution is 0.203. The first-order valence-electron chi connectivity index (χ1n) is 6.57. The minimum Gasteiger partial charge on any atom is -0.399 e. The largest absolute Gasteiger partial charge is 0.399 e. The number of ether oxygens (including phenoxy) is 1. The maximum Gasteiger partial charge on any atom is 0.279 e. The zero-order valence-corrected chi connectivity index (χ0v) is 12.8. The molecular formula is C13H23N3O3S. The van der Waals surface area contributed by atoms with Gasteiger partial charge in [-0.25, -0.2) is 0 Å². The van der Waals surface area contributed by atoms with E-state index in [1.165, 1.54) is 11.4 Å². The SMILES string of the molecule is CCCN(Cc1cccc(N)c1)S(=O)(=O)NCCOC. The van der Waals surface area contributed by atoms with E-state index in [9.17, 15) is 8.42 Å². The minimum atomic E-state index is -3.51. The molecule has 0 saturated carbocycles. The molecule has 0 saturated heterocycles. The first kappa shape index (κ1) is 16.9. The third kappa shape index (κ3) is 5.46. The maximum absolute atomic E-state index is 12.2. The Bertz CT molecular complexity index is 505. The molecule has 0 aliphatic rings. The summed E-state index contributed by atoms with van der Waals surface area (Å²) in [5.74, 6) is 0. The van der Waals surface area contributed by atoms with Gasteiger partial charge in [0.25, 0.3) is 10.2 Å². The Morgan fingerprint density at radius 2 is 2.15 bits per heavy atom. The predicted octanol–water partition coefficient (Wildman–Crippen LogP) is 0.962. The van der Waals surface area contributed by atoms with Crippen molar-refractivity contribution in [3.63, 3.8) is 0 Å². The van der Waals surface area contributed by atoms with E-state index in [2.05, 4.69) is 4.72 Å². The molecule has 0 aromatic heterocycles. The summed E-state index contributed by atoms with van der Waals surface area (Å²) in [6.45, 7) is 3.31. The van der Waals surface area contributed by atoms with Crippen LogP contribution in [0.15, 0.2) is 24.3 Å². The Hall–Kier alpha value is -1.15. The third-order valence-corrected chi connectivity index (χ3v) is 4.27. The summed E-state index contributed by atoms with van der Waals surface area (Å²) >= 11 is 0. The molecule has 3 N–H and O–H groups in total. The van der Waals surface area contributed by atoms with Crippen molar-refractivity contribution in [2.45, 2.75) is 19.9 Å². The van der Waals surface area contributed by atoms with Crippen molar-refractivity contribution in [1.82, 2.24) is 9.03 Å².